The summed E-state index contributed by atoms with van der Waals surface area (Å²) in [6, 6.07) is 25.1. The molecule has 3 aromatic rings. The van der Waals surface area contributed by atoms with E-state index < -0.39 is 0 Å². The van der Waals surface area contributed by atoms with Crippen LogP contribution in [0.5, 0.6) is 11.5 Å². The summed E-state index contributed by atoms with van der Waals surface area (Å²) in [4.78, 5) is 26.9. The summed E-state index contributed by atoms with van der Waals surface area (Å²) in [5, 5.41) is 0. The second kappa shape index (κ2) is 7.64. The molecule has 0 bridgehead atoms. The molecule has 1 saturated heterocycles. The van der Waals surface area contributed by atoms with Gasteiger partial charge in [-0.05, 0) is 48.7 Å². The van der Waals surface area contributed by atoms with Gasteiger partial charge in [0, 0.05) is 5.56 Å². The van der Waals surface area contributed by atoms with Crippen molar-refractivity contribution in [3.8, 4) is 22.6 Å². The molecule has 2 atom stereocenters. The van der Waals surface area contributed by atoms with Crippen LogP contribution in [-0.2, 0) is 9.59 Å². The predicted molar refractivity (Wildman–Crippen MR) is 116 cm³/mol. The SMILES string of the molecule is O=C1[C@H]2CC=CC[C@@H]2C(=O)N1c1ccc(Oc2ccccc2-c2ccccc2)cc1. The third-order valence-electron chi connectivity index (χ3n) is 5.80. The Morgan fingerprint density at radius 1 is 0.700 bits per heavy atom. The summed E-state index contributed by atoms with van der Waals surface area (Å²) in [5.41, 5.74) is 2.68. The molecule has 30 heavy (non-hydrogen) atoms. The number of amides is 2. The molecule has 0 aromatic heterocycles. The number of hydrogen-bond donors (Lipinski definition) is 0. The number of allylic oxidation sites excluding steroid dienone is 2. The Morgan fingerprint density at radius 2 is 1.30 bits per heavy atom. The van der Waals surface area contributed by atoms with Gasteiger partial charge in [0.2, 0.25) is 11.8 Å². The van der Waals surface area contributed by atoms with E-state index in [9.17, 15) is 9.59 Å². The highest BCUT2D eigenvalue weighted by molar-refractivity contribution is 6.22. The fraction of sp³-hybridized carbons (Fsp3) is 0.154. The van der Waals surface area contributed by atoms with E-state index in [0.29, 0.717) is 24.3 Å². The van der Waals surface area contributed by atoms with Crippen molar-refractivity contribution in [1.82, 2.24) is 0 Å². The molecule has 0 radical (unpaired) electrons. The van der Waals surface area contributed by atoms with Crippen molar-refractivity contribution in [3.63, 3.8) is 0 Å². The van der Waals surface area contributed by atoms with Gasteiger partial charge in [-0.15, -0.1) is 0 Å². The molecule has 2 aliphatic rings. The topological polar surface area (TPSA) is 46.6 Å². The number of imide groups is 1. The molecule has 1 aliphatic carbocycles. The Hall–Kier alpha value is -3.66. The Morgan fingerprint density at radius 3 is 1.97 bits per heavy atom. The third-order valence-corrected chi connectivity index (χ3v) is 5.80. The average Bonchev–Trinajstić information content (AvgIpc) is 3.06. The smallest absolute Gasteiger partial charge is 0.238 e. The van der Waals surface area contributed by atoms with Crippen LogP contribution in [0.15, 0.2) is 91.0 Å². The molecule has 3 aromatic carbocycles. The summed E-state index contributed by atoms with van der Waals surface area (Å²) in [5.74, 6) is 0.754. The molecule has 1 aliphatic heterocycles. The molecular formula is C26H21NO3. The van der Waals surface area contributed by atoms with Crippen molar-refractivity contribution in [2.24, 2.45) is 11.8 Å². The molecule has 0 spiro atoms. The molecule has 1 fully saturated rings. The Balaban J connectivity index is 1.38. The van der Waals surface area contributed by atoms with Gasteiger partial charge >= 0.3 is 0 Å². The van der Waals surface area contributed by atoms with E-state index in [-0.39, 0.29) is 23.7 Å². The quantitative estimate of drug-likeness (QED) is 0.427. The fourth-order valence-electron chi connectivity index (χ4n) is 4.26. The molecule has 1 heterocycles. The fourth-order valence-corrected chi connectivity index (χ4v) is 4.26. The maximum Gasteiger partial charge on any atom is 0.238 e. The zero-order chi connectivity index (χ0) is 20.5. The number of anilines is 1. The van der Waals surface area contributed by atoms with Gasteiger partial charge in [-0.3, -0.25) is 14.5 Å². The van der Waals surface area contributed by atoms with Crippen LogP contribution in [0.4, 0.5) is 5.69 Å². The number of ether oxygens (including phenoxy) is 1. The molecule has 0 unspecified atom stereocenters. The first-order chi connectivity index (χ1) is 14.7. The number of benzene rings is 3. The van der Waals surface area contributed by atoms with Crippen LogP contribution < -0.4 is 9.64 Å². The Kier molecular flexibility index (Phi) is 4.68. The van der Waals surface area contributed by atoms with E-state index in [1.54, 1.807) is 24.3 Å². The lowest BCUT2D eigenvalue weighted by Crippen LogP contribution is -2.30. The highest BCUT2D eigenvalue weighted by atomic mass is 16.5. The normalized spacial score (nSPS) is 20.3. The van der Waals surface area contributed by atoms with Crippen LogP contribution in [-0.4, -0.2) is 11.8 Å². The van der Waals surface area contributed by atoms with Crippen LogP contribution >= 0.6 is 0 Å². The number of carbonyl (C=O) groups is 2. The van der Waals surface area contributed by atoms with Crippen molar-refractivity contribution in [1.29, 1.82) is 0 Å². The minimum Gasteiger partial charge on any atom is -0.457 e. The number of rotatable bonds is 4. The van der Waals surface area contributed by atoms with Crippen molar-refractivity contribution in [3.05, 3.63) is 91.0 Å². The van der Waals surface area contributed by atoms with Crippen LogP contribution in [0.2, 0.25) is 0 Å². The maximum absolute atomic E-state index is 12.8. The molecule has 2 amide bonds. The molecule has 4 nitrogen and oxygen atoms in total. The van der Waals surface area contributed by atoms with Gasteiger partial charge in [-0.25, -0.2) is 0 Å². The van der Waals surface area contributed by atoms with E-state index in [0.717, 1.165) is 16.9 Å². The van der Waals surface area contributed by atoms with Crippen molar-refractivity contribution >= 4 is 17.5 Å². The van der Waals surface area contributed by atoms with Crippen LogP contribution in [0.3, 0.4) is 0 Å². The first-order valence-corrected chi connectivity index (χ1v) is 10.2. The van der Waals surface area contributed by atoms with Gasteiger partial charge in [0.05, 0.1) is 17.5 Å². The maximum atomic E-state index is 12.8. The first kappa shape index (κ1) is 18.4. The predicted octanol–water partition coefficient (Wildman–Crippen LogP) is 5.60. The zero-order valence-electron chi connectivity index (χ0n) is 16.4. The lowest BCUT2D eigenvalue weighted by Gasteiger charge is -2.16. The standard InChI is InChI=1S/C26H21NO3/c28-25-22-11-4-5-12-23(22)26(29)27(25)19-14-16-20(17-15-19)30-24-13-7-6-10-21(24)18-8-2-1-3-9-18/h1-10,13-17,22-23H,11-12H2/t22-,23-/m0/s1. The van der Waals surface area contributed by atoms with Crippen LogP contribution in [0, 0.1) is 11.8 Å². The van der Waals surface area contributed by atoms with Gasteiger partial charge in [-0.1, -0.05) is 60.7 Å². The number of carbonyl (C=O) groups excluding carboxylic acids is 2. The van der Waals surface area contributed by atoms with Crippen molar-refractivity contribution < 1.29 is 14.3 Å². The lowest BCUT2D eigenvalue weighted by atomic mass is 9.85. The monoisotopic (exact) mass is 395 g/mol. The first-order valence-electron chi connectivity index (χ1n) is 10.2. The van der Waals surface area contributed by atoms with Crippen LogP contribution in [0.1, 0.15) is 12.8 Å². The summed E-state index contributed by atoms with van der Waals surface area (Å²) >= 11 is 0. The summed E-state index contributed by atoms with van der Waals surface area (Å²) in [6.45, 7) is 0. The summed E-state index contributed by atoms with van der Waals surface area (Å²) in [6.07, 6.45) is 5.28. The third kappa shape index (κ3) is 3.20. The van der Waals surface area contributed by atoms with E-state index >= 15 is 0 Å². The van der Waals surface area contributed by atoms with Gasteiger partial charge in [0.1, 0.15) is 11.5 Å². The largest absolute Gasteiger partial charge is 0.457 e. The van der Waals surface area contributed by atoms with Crippen LogP contribution in [0.25, 0.3) is 11.1 Å². The van der Waals surface area contributed by atoms with Gasteiger partial charge in [-0.2, -0.15) is 0 Å². The van der Waals surface area contributed by atoms with Crippen molar-refractivity contribution in [2.45, 2.75) is 12.8 Å². The number of nitrogens with zero attached hydrogens (tertiary/aromatic N) is 1. The molecule has 0 saturated carbocycles. The van der Waals surface area contributed by atoms with Gasteiger partial charge in [0.15, 0.2) is 0 Å². The number of fused-ring (bicyclic) bond motifs is 1. The highest BCUT2D eigenvalue weighted by Crippen LogP contribution is 2.39. The highest BCUT2D eigenvalue weighted by Gasteiger charge is 2.47. The Bertz CT molecular complexity index is 1090. The molecule has 0 N–H and O–H groups in total. The number of para-hydroxylation sites is 1. The molecule has 5 rings (SSSR count). The molecule has 148 valence electrons. The van der Waals surface area contributed by atoms with E-state index in [4.69, 9.17) is 4.74 Å². The Labute approximate surface area is 175 Å². The number of hydrogen-bond acceptors (Lipinski definition) is 3. The second-order valence-electron chi connectivity index (χ2n) is 7.63. The molecule has 4 heteroatoms. The average molecular weight is 395 g/mol. The summed E-state index contributed by atoms with van der Waals surface area (Å²) in [7, 11) is 0. The van der Waals surface area contributed by atoms with Crippen molar-refractivity contribution in [2.75, 3.05) is 4.90 Å². The second-order valence-corrected chi connectivity index (χ2v) is 7.63. The van der Waals surface area contributed by atoms with Gasteiger partial charge < -0.3 is 4.74 Å². The van der Waals surface area contributed by atoms with Gasteiger partial charge in [0.25, 0.3) is 0 Å². The summed E-state index contributed by atoms with van der Waals surface area (Å²) < 4.78 is 6.13. The molecular weight excluding hydrogens is 374 g/mol. The minimum absolute atomic E-state index is 0.0996. The van der Waals surface area contributed by atoms with E-state index in [1.807, 2.05) is 66.7 Å². The zero-order valence-corrected chi connectivity index (χ0v) is 16.4. The minimum atomic E-state index is -0.226. The van der Waals surface area contributed by atoms with E-state index in [2.05, 4.69) is 0 Å². The lowest BCUT2D eigenvalue weighted by molar-refractivity contribution is -0.122. The van der Waals surface area contributed by atoms with E-state index in [1.165, 1.54) is 4.90 Å².